The van der Waals surface area contributed by atoms with Gasteiger partial charge in [0.05, 0.1) is 0 Å². The number of carbonyl (C=O) groups is 1. The van der Waals surface area contributed by atoms with Crippen LogP contribution in [0.2, 0.25) is 5.02 Å². The summed E-state index contributed by atoms with van der Waals surface area (Å²) in [6.07, 6.45) is 3.05. The minimum absolute atomic E-state index is 0.0150. The van der Waals surface area contributed by atoms with Gasteiger partial charge >= 0.3 is 5.97 Å². The summed E-state index contributed by atoms with van der Waals surface area (Å²) in [5, 5.41) is 9.91. The highest BCUT2D eigenvalue weighted by molar-refractivity contribution is 6.30. The summed E-state index contributed by atoms with van der Waals surface area (Å²) in [6.45, 7) is 0. The molecule has 17 heavy (non-hydrogen) atoms. The molecule has 1 aromatic rings. The molecule has 0 amide bonds. The van der Waals surface area contributed by atoms with Crippen LogP contribution >= 0.6 is 11.6 Å². The highest BCUT2D eigenvalue weighted by Gasteiger charge is 2.45. The van der Waals surface area contributed by atoms with E-state index in [1.807, 2.05) is 24.3 Å². The molecule has 0 aliphatic heterocycles. The lowest BCUT2D eigenvalue weighted by Crippen LogP contribution is -2.51. The topological polar surface area (TPSA) is 63.3 Å². The Hall–Kier alpha value is -1.06. The maximum Gasteiger partial charge on any atom is 0.323 e. The first-order chi connectivity index (χ1) is 8.02. The molecule has 1 aliphatic carbocycles. The Morgan fingerprint density at radius 1 is 1.47 bits per heavy atom. The van der Waals surface area contributed by atoms with Gasteiger partial charge in [-0.1, -0.05) is 30.2 Å². The fourth-order valence-corrected chi connectivity index (χ4v) is 2.70. The number of carboxylic acid groups (broad SMARTS) is 1. The lowest BCUT2D eigenvalue weighted by molar-refractivity contribution is -0.144. The number of halogens is 1. The van der Waals surface area contributed by atoms with E-state index in [4.69, 9.17) is 17.3 Å². The molecule has 3 N–H and O–H groups in total. The van der Waals surface area contributed by atoms with Crippen LogP contribution in [0, 0.1) is 5.92 Å². The first-order valence-electron chi connectivity index (χ1n) is 5.79. The van der Waals surface area contributed by atoms with Crippen molar-refractivity contribution in [1.29, 1.82) is 0 Å². The summed E-state index contributed by atoms with van der Waals surface area (Å²) in [5.41, 5.74) is 6.04. The maximum absolute atomic E-state index is 11.2. The minimum atomic E-state index is -1.06. The fourth-order valence-electron chi connectivity index (χ4n) is 2.57. The van der Waals surface area contributed by atoms with E-state index in [2.05, 4.69) is 0 Å². The van der Waals surface area contributed by atoms with E-state index in [1.165, 1.54) is 0 Å². The molecular weight excluding hydrogens is 238 g/mol. The van der Waals surface area contributed by atoms with Gasteiger partial charge < -0.3 is 10.8 Å². The van der Waals surface area contributed by atoms with Crippen molar-refractivity contribution in [3.8, 4) is 0 Å². The van der Waals surface area contributed by atoms with Crippen LogP contribution in [0.25, 0.3) is 0 Å². The normalized spacial score (nSPS) is 28.2. The summed E-state index contributed by atoms with van der Waals surface area (Å²) in [7, 11) is 0. The van der Waals surface area contributed by atoms with Crippen molar-refractivity contribution in [2.45, 2.75) is 31.2 Å². The van der Waals surface area contributed by atoms with Crippen molar-refractivity contribution in [3.63, 3.8) is 0 Å². The minimum Gasteiger partial charge on any atom is -0.480 e. The van der Waals surface area contributed by atoms with Gasteiger partial charge in [-0.25, -0.2) is 0 Å². The van der Waals surface area contributed by atoms with E-state index in [-0.39, 0.29) is 5.92 Å². The Morgan fingerprint density at radius 2 is 2.12 bits per heavy atom. The molecule has 2 rings (SSSR count). The standard InChI is InChI=1S/C13H16ClNO2/c14-11-5-3-9(4-6-11)8-10-2-1-7-13(10,15)12(16)17/h3-6,10H,1-2,7-8,15H2,(H,16,17)/t10-,13-/m0/s1. The molecule has 92 valence electrons. The SMILES string of the molecule is N[C@@]1(C(=O)O)CCC[C@H]1Cc1ccc(Cl)cc1. The number of rotatable bonds is 3. The van der Waals surface area contributed by atoms with Crippen molar-refractivity contribution in [2.75, 3.05) is 0 Å². The first-order valence-corrected chi connectivity index (χ1v) is 6.17. The Labute approximate surface area is 106 Å². The quantitative estimate of drug-likeness (QED) is 0.870. The number of aliphatic carboxylic acids is 1. The van der Waals surface area contributed by atoms with Crippen molar-refractivity contribution in [2.24, 2.45) is 11.7 Å². The van der Waals surface area contributed by atoms with E-state index in [0.29, 0.717) is 17.9 Å². The molecule has 3 nitrogen and oxygen atoms in total. The largest absolute Gasteiger partial charge is 0.480 e. The number of benzene rings is 1. The van der Waals surface area contributed by atoms with Gasteiger partial charge in [0, 0.05) is 5.02 Å². The molecule has 0 bridgehead atoms. The van der Waals surface area contributed by atoms with Gasteiger partial charge in [0.1, 0.15) is 5.54 Å². The van der Waals surface area contributed by atoms with E-state index in [0.717, 1.165) is 18.4 Å². The van der Waals surface area contributed by atoms with Crippen LogP contribution in [-0.4, -0.2) is 16.6 Å². The highest BCUT2D eigenvalue weighted by Crippen LogP contribution is 2.36. The van der Waals surface area contributed by atoms with Gasteiger partial charge in [-0.05, 0) is 42.9 Å². The van der Waals surface area contributed by atoms with Crippen molar-refractivity contribution in [1.82, 2.24) is 0 Å². The second-order valence-corrected chi connectivity index (χ2v) is 5.20. The van der Waals surface area contributed by atoms with E-state index in [9.17, 15) is 9.90 Å². The van der Waals surface area contributed by atoms with Gasteiger partial charge in [0.15, 0.2) is 0 Å². The molecule has 1 aliphatic rings. The van der Waals surface area contributed by atoms with Gasteiger partial charge in [-0.15, -0.1) is 0 Å². The Balaban J connectivity index is 2.13. The molecule has 0 saturated heterocycles. The zero-order valence-corrected chi connectivity index (χ0v) is 10.3. The Bertz CT molecular complexity index is 418. The van der Waals surface area contributed by atoms with Crippen molar-refractivity contribution >= 4 is 17.6 Å². The smallest absolute Gasteiger partial charge is 0.323 e. The second kappa shape index (κ2) is 4.67. The molecule has 1 aromatic carbocycles. The molecule has 2 atom stereocenters. The lowest BCUT2D eigenvalue weighted by Gasteiger charge is -2.26. The molecule has 0 heterocycles. The number of nitrogens with two attached hydrogens (primary N) is 1. The molecular formula is C13H16ClNO2. The van der Waals surface area contributed by atoms with Crippen LogP contribution < -0.4 is 5.73 Å². The molecule has 0 unspecified atom stereocenters. The van der Waals surface area contributed by atoms with E-state index < -0.39 is 11.5 Å². The third-order valence-electron chi connectivity index (χ3n) is 3.67. The zero-order valence-electron chi connectivity index (χ0n) is 9.53. The molecule has 0 radical (unpaired) electrons. The van der Waals surface area contributed by atoms with Crippen LogP contribution in [0.3, 0.4) is 0 Å². The van der Waals surface area contributed by atoms with Crippen LogP contribution in [0.5, 0.6) is 0 Å². The molecule has 1 saturated carbocycles. The predicted molar refractivity (Wildman–Crippen MR) is 67.1 cm³/mol. The molecule has 1 fully saturated rings. The number of carboxylic acids is 1. The van der Waals surface area contributed by atoms with E-state index in [1.54, 1.807) is 0 Å². The molecule has 4 heteroatoms. The van der Waals surface area contributed by atoms with Crippen molar-refractivity contribution < 1.29 is 9.90 Å². The summed E-state index contributed by atoms with van der Waals surface area (Å²) < 4.78 is 0. The van der Waals surface area contributed by atoms with Crippen LogP contribution in [0.4, 0.5) is 0 Å². The Kier molecular flexibility index (Phi) is 3.40. The second-order valence-electron chi connectivity index (χ2n) is 4.77. The first kappa shape index (κ1) is 12.4. The predicted octanol–water partition coefficient (Wildman–Crippen LogP) is 2.46. The van der Waals surface area contributed by atoms with Gasteiger partial charge in [0.25, 0.3) is 0 Å². The van der Waals surface area contributed by atoms with E-state index >= 15 is 0 Å². The summed E-state index contributed by atoms with van der Waals surface area (Å²) in [5.74, 6) is -0.866. The average Bonchev–Trinajstić information content (AvgIpc) is 2.65. The summed E-state index contributed by atoms with van der Waals surface area (Å²) in [6, 6.07) is 7.52. The third kappa shape index (κ3) is 2.45. The fraction of sp³-hybridized carbons (Fsp3) is 0.462. The van der Waals surface area contributed by atoms with Crippen molar-refractivity contribution in [3.05, 3.63) is 34.9 Å². The van der Waals surface area contributed by atoms with Gasteiger partial charge in [-0.3, -0.25) is 4.79 Å². The van der Waals surface area contributed by atoms with Crippen LogP contribution in [-0.2, 0) is 11.2 Å². The lowest BCUT2D eigenvalue weighted by atomic mass is 9.83. The summed E-state index contributed by atoms with van der Waals surface area (Å²) >= 11 is 5.82. The summed E-state index contributed by atoms with van der Waals surface area (Å²) in [4.78, 5) is 11.2. The number of hydrogen-bond donors (Lipinski definition) is 2. The number of hydrogen-bond acceptors (Lipinski definition) is 2. The third-order valence-corrected chi connectivity index (χ3v) is 3.92. The zero-order chi connectivity index (χ0) is 12.5. The monoisotopic (exact) mass is 253 g/mol. The average molecular weight is 254 g/mol. The van der Waals surface area contributed by atoms with Gasteiger partial charge in [-0.2, -0.15) is 0 Å². The van der Waals surface area contributed by atoms with Crippen LogP contribution in [0.1, 0.15) is 24.8 Å². The maximum atomic E-state index is 11.2. The molecule has 0 spiro atoms. The Morgan fingerprint density at radius 3 is 2.71 bits per heavy atom. The highest BCUT2D eigenvalue weighted by atomic mass is 35.5. The molecule has 0 aromatic heterocycles. The van der Waals surface area contributed by atoms with Gasteiger partial charge in [0.2, 0.25) is 0 Å². The van der Waals surface area contributed by atoms with Crippen LogP contribution in [0.15, 0.2) is 24.3 Å².